The smallest absolute Gasteiger partial charge is 0.381 e. The van der Waals surface area contributed by atoms with Crippen LogP contribution in [0, 0.1) is 5.92 Å². The summed E-state index contributed by atoms with van der Waals surface area (Å²) in [6.07, 6.45) is -0.0369. The summed E-state index contributed by atoms with van der Waals surface area (Å²) in [6, 6.07) is 4.37. The predicted molar refractivity (Wildman–Crippen MR) is 109 cm³/mol. The van der Waals surface area contributed by atoms with Crippen LogP contribution in [0.3, 0.4) is 0 Å². The second kappa shape index (κ2) is 9.53. The van der Waals surface area contributed by atoms with Crippen molar-refractivity contribution >= 4 is 5.91 Å². The highest BCUT2D eigenvalue weighted by atomic mass is 19.4. The Balaban J connectivity index is 1.38. The molecule has 4 rings (SSSR count). The van der Waals surface area contributed by atoms with E-state index >= 15 is 0 Å². The minimum atomic E-state index is -4.52. The van der Waals surface area contributed by atoms with Gasteiger partial charge in [0.05, 0.1) is 5.56 Å². The second-order valence-electron chi connectivity index (χ2n) is 8.54. The van der Waals surface area contributed by atoms with Crippen LogP contribution in [0.25, 0.3) is 11.4 Å². The maximum Gasteiger partial charge on any atom is 0.416 e. The summed E-state index contributed by atoms with van der Waals surface area (Å²) in [4.78, 5) is 15.1. The van der Waals surface area contributed by atoms with E-state index in [-0.39, 0.29) is 29.8 Å². The van der Waals surface area contributed by atoms with Gasteiger partial charge in [0.2, 0.25) is 11.7 Å². The molecule has 2 aliphatic rings. The lowest BCUT2D eigenvalue weighted by Crippen LogP contribution is -2.42. The van der Waals surface area contributed by atoms with Crippen LogP contribution in [0.4, 0.5) is 13.2 Å². The lowest BCUT2D eigenvalue weighted by Gasteiger charge is -2.35. The molecule has 174 valence electrons. The molecule has 1 aliphatic heterocycles. The van der Waals surface area contributed by atoms with Gasteiger partial charge in [0.25, 0.3) is 0 Å². The summed E-state index contributed by atoms with van der Waals surface area (Å²) in [7, 11) is 2.11. The molecule has 2 aromatic rings. The van der Waals surface area contributed by atoms with Crippen molar-refractivity contribution in [3.63, 3.8) is 0 Å². The molecule has 2 N–H and O–H groups in total. The summed E-state index contributed by atoms with van der Waals surface area (Å²) in [5.74, 6) is -0.186. The van der Waals surface area contributed by atoms with Crippen LogP contribution < -0.4 is 5.32 Å². The van der Waals surface area contributed by atoms with Crippen LogP contribution in [0.5, 0.6) is 0 Å². The molecule has 1 saturated carbocycles. The average Bonchev–Trinajstić information content (AvgIpc) is 3.49. The Labute approximate surface area is 183 Å². The molecule has 1 amide bonds. The molecule has 2 fully saturated rings. The number of aromatic amines is 1. The number of nitrogens with zero attached hydrogens (tertiary/aromatic N) is 4. The molecule has 2 atom stereocenters. The molecule has 1 aliphatic carbocycles. The van der Waals surface area contributed by atoms with Crippen LogP contribution >= 0.6 is 0 Å². The number of H-pyrrole nitrogens is 1. The number of aromatic nitrogens is 4. The van der Waals surface area contributed by atoms with Gasteiger partial charge < -0.3 is 15.0 Å². The fourth-order valence-corrected chi connectivity index (χ4v) is 4.66. The molecular weight excluding hydrogens is 425 g/mol. The molecule has 32 heavy (non-hydrogen) atoms. The molecule has 0 radical (unpaired) electrons. The fourth-order valence-electron chi connectivity index (χ4n) is 4.66. The summed E-state index contributed by atoms with van der Waals surface area (Å²) in [5.41, 5.74) is -0.290. The van der Waals surface area contributed by atoms with Crippen LogP contribution in [-0.4, -0.2) is 63.8 Å². The van der Waals surface area contributed by atoms with Crippen molar-refractivity contribution in [1.82, 2.24) is 30.8 Å². The van der Waals surface area contributed by atoms with Crippen LogP contribution in [-0.2, 0) is 22.3 Å². The Hall–Kier alpha value is -2.53. The molecule has 8 nitrogen and oxygen atoms in total. The molecule has 11 heteroatoms. The van der Waals surface area contributed by atoms with E-state index < -0.39 is 11.7 Å². The minimum absolute atomic E-state index is 0.00454. The van der Waals surface area contributed by atoms with E-state index in [1.807, 2.05) is 0 Å². The van der Waals surface area contributed by atoms with Crippen LogP contribution in [0.2, 0.25) is 0 Å². The Morgan fingerprint density at radius 2 is 1.97 bits per heavy atom. The van der Waals surface area contributed by atoms with Crippen molar-refractivity contribution in [3.05, 3.63) is 29.3 Å². The van der Waals surface area contributed by atoms with Gasteiger partial charge in [-0.05, 0) is 68.1 Å². The first kappa shape index (κ1) is 22.7. The number of amides is 1. The van der Waals surface area contributed by atoms with Crippen LogP contribution in [0.1, 0.15) is 43.2 Å². The minimum Gasteiger partial charge on any atom is -0.381 e. The van der Waals surface area contributed by atoms with E-state index in [4.69, 9.17) is 4.74 Å². The maximum absolute atomic E-state index is 13.3. The molecule has 0 spiro atoms. The zero-order valence-corrected chi connectivity index (χ0v) is 17.9. The van der Waals surface area contributed by atoms with Gasteiger partial charge in [0.1, 0.15) is 0 Å². The summed E-state index contributed by atoms with van der Waals surface area (Å²) < 4.78 is 45.5. The van der Waals surface area contributed by atoms with Crippen molar-refractivity contribution in [2.75, 3.05) is 20.3 Å². The number of halogens is 3. The summed E-state index contributed by atoms with van der Waals surface area (Å²) >= 11 is 0. The quantitative estimate of drug-likeness (QED) is 0.700. The first-order chi connectivity index (χ1) is 15.3. The van der Waals surface area contributed by atoms with E-state index in [9.17, 15) is 18.0 Å². The second-order valence-corrected chi connectivity index (χ2v) is 8.54. The maximum atomic E-state index is 13.3. The number of ether oxygens (including phenoxy) is 1. The monoisotopic (exact) mass is 452 g/mol. The zero-order valence-electron chi connectivity index (χ0n) is 17.9. The SMILES string of the molecule is CN(C1CCOCC1)[C@@H]1CC[C@H](C(=O)NCc2cc(-c3nn[nH]n3)cc(C(F)(F)F)c2)C1. The van der Waals surface area contributed by atoms with E-state index in [1.54, 1.807) is 0 Å². The highest BCUT2D eigenvalue weighted by Gasteiger charge is 2.35. The third-order valence-corrected chi connectivity index (χ3v) is 6.51. The van der Waals surface area contributed by atoms with Crippen molar-refractivity contribution in [3.8, 4) is 11.4 Å². The number of tetrazole rings is 1. The van der Waals surface area contributed by atoms with Gasteiger partial charge in [-0.3, -0.25) is 4.79 Å². The highest BCUT2D eigenvalue weighted by Crippen LogP contribution is 2.33. The van der Waals surface area contributed by atoms with E-state index in [0.717, 1.165) is 57.5 Å². The average molecular weight is 452 g/mol. The van der Waals surface area contributed by atoms with Gasteiger partial charge >= 0.3 is 6.18 Å². The highest BCUT2D eigenvalue weighted by molar-refractivity contribution is 5.79. The number of carbonyl (C=O) groups is 1. The number of rotatable bonds is 6. The Bertz CT molecular complexity index is 915. The molecule has 1 aromatic carbocycles. The third kappa shape index (κ3) is 5.26. The molecule has 2 heterocycles. The lowest BCUT2D eigenvalue weighted by molar-refractivity contribution is -0.137. The largest absolute Gasteiger partial charge is 0.416 e. The van der Waals surface area contributed by atoms with Gasteiger partial charge in [0, 0.05) is 43.3 Å². The number of alkyl halides is 3. The number of hydrogen-bond donors (Lipinski definition) is 2. The number of carbonyl (C=O) groups excluding carboxylic acids is 1. The van der Waals surface area contributed by atoms with Gasteiger partial charge in [-0.25, -0.2) is 0 Å². The van der Waals surface area contributed by atoms with Crippen LogP contribution in [0.15, 0.2) is 18.2 Å². The Kier molecular flexibility index (Phi) is 6.75. The van der Waals surface area contributed by atoms with Gasteiger partial charge in [-0.2, -0.15) is 18.4 Å². The third-order valence-electron chi connectivity index (χ3n) is 6.51. The normalized spacial score (nSPS) is 22.4. The topological polar surface area (TPSA) is 96.0 Å². The summed E-state index contributed by atoms with van der Waals surface area (Å²) in [6.45, 7) is 1.55. The number of benzene rings is 1. The van der Waals surface area contributed by atoms with E-state index in [0.29, 0.717) is 17.6 Å². The predicted octanol–water partition coefficient (Wildman–Crippen LogP) is 2.78. The first-order valence-corrected chi connectivity index (χ1v) is 10.8. The van der Waals surface area contributed by atoms with Crippen molar-refractivity contribution in [2.45, 2.75) is 56.9 Å². The Morgan fingerprint density at radius 3 is 2.66 bits per heavy atom. The Morgan fingerprint density at radius 1 is 1.19 bits per heavy atom. The fraction of sp³-hybridized carbons (Fsp3) is 0.619. The van der Waals surface area contributed by atoms with Crippen molar-refractivity contribution in [1.29, 1.82) is 0 Å². The van der Waals surface area contributed by atoms with E-state index in [1.165, 1.54) is 6.07 Å². The van der Waals surface area contributed by atoms with Crippen molar-refractivity contribution < 1.29 is 22.7 Å². The lowest BCUT2D eigenvalue weighted by atomic mass is 10.0. The standard InChI is InChI=1S/C21H27F3N6O2/c1-30(17-4-6-32-7-5-17)18-3-2-14(11-18)20(31)25-12-13-8-15(19-26-28-29-27-19)10-16(9-13)21(22,23)24/h8-10,14,17-18H,2-7,11-12H2,1H3,(H,25,31)(H,26,27,28,29)/t14-,18+/m0/s1. The molecular formula is C21H27F3N6O2. The zero-order chi connectivity index (χ0) is 22.7. The number of nitrogens with one attached hydrogen (secondary N) is 2. The summed E-state index contributed by atoms with van der Waals surface area (Å²) in [5, 5.41) is 16.0. The molecule has 1 aromatic heterocycles. The van der Waals surface area contributed by atoms with Gasteiger partial charge in [-0.1, -0.05) is 0 Å². The van der Waals surface area contributed by atoms with Gasteiger partial charge in [-0.15, -0.1) is 10.2 Å². The molecule has 0 bridgehead atoms. The molecule has 1 saturated heterocycles. The van der Waals surface area contributed by atoms with Gasteiger partial charge in [0.15, 0.2) is 0 Å². The first-order valence-electron chi connectivity index (χ1n) is 10.8. The molecule has 0 unspecified atom stereocenters. The van der Waals surface area contributed by atoms with E-state index in [2.05, 4.69) is 37.9 Å². The number of hydrogen-bond acceptors (Lipinski definition) is 6. The van der Waals surface area contributed by atoms with Crippen molar-refractivity contribution in [2.24, 2.45) is 5.92 Å².